The quantitative estimate of drug-likeness (QED) is 0.620. The van der Waals surface area contributed by atoms with Gasteiger partial charge in [-0.2, -0.15) is 0 Å². The van der Waals surface area contributed by atoms with Crippen molar-refractivity contribution >= 4 is 10.9 Å². The number of rotatable bonds is 4. The first kappa shape index (κ1) is 17.9. The third-order valence-corrected chi connectivity index (χ3v) is 6.27. The van der Waals surface area contributed by atoms with Crippen molar-refractivity contribution in [3.8, 4) is 0 Å². The van der Waals surface area contributed by atoms with Gasteiger partial charge >= 0.3 is 0 Å². The van der Waals surface area contributed by atoms with Gasteiger partial charge in [0.25, 0.3) is 0 Å². The lowest BCUT2D eigenvalue weighted by Crippen LogP contribution is -2.30. The molecule has 0 fully saturated rings. The molecule has 1 aliphatic heterocycles. The van der Waals surface area contributed by atoms with Crippen molar-refractivity contribution in [2.45, 2.75) is 46.8 Å². The average molecular weight is 361 g/mol. The first-order valence-corrected chi connectivity index (χ1v) is 9.68. The first-order chi connectivity index (χ1) is 13.0. The molecule has 1 aliphatic rings. The van der Waals surface area contributed by atoms with Crippen LogP contribution in [0.1, 0.15) is 50.7 Å². The summed E-state index contributed by atoms with van der Waals surface area (Å²) in [6.07, 6.45) is 2.56. The van der Waals surface area contributed by atoms with Crippen molar-refractivity contribution < 1.29 is 4.74 Å². The second-order valence-corrected chi connectivity index (χ2v) is 7.62. The number of fused-ring (bicyclic) bond motifs is 3. The molecule has 0 aliphatic carbocycles. The Morgan fingerprint density at radius 3 is 2.44 bits per heavy atom. The van der Waals surface area contributed by atoms with Crippen LogP contribution in [0.5, 0.6) is 0 Å². The van der Waals surface area contributed by atoms with Gasteiger partial charge in [-0.1, -0.05) is 30.8 Å². The van der Waals surface area contributed by atoms with E-state index in [4.69, 9.17) is 4.74 Å². The molecule has 3 heteroatoms. The molecule has 0 saturated carbocycles. The van der Waals surface area contributed by atoms with Crippen LogP contribution in [0.3, 0.4) is 0 Å². The Morgan fingerprint density at radius 1 is 1.04 bits per heavy atom. The number of benzene rings is 2. The molecule has 27 heavy (non-hydrogen) atoms. The lowest BCUT2D eigenvalue weighted by atomic mass is 9.89. The molecule has 2 N–H and O–H groups in total. The van der Waals surface area contributed by atoms with Gasteiger partial charge in [0.15, 0.2) is 0 Å². The van der Waals surface area contributed by atoms with Gasteiger partial charge in [0.05, 0.1) is 12.3 Å². The molecule has 3 nitrogen and oxygen atoms in total. The SMILES string of the molecule is C=COCc1ccc([C@@H]2NCCc3c2[nH]c2c(C)c(C)c(C)c(C)c32)cc1. The zero-order valence-electron chi connectivity index (χ0n) is 16.7. The highest BCUT2D eigenvalue weighted by atomic mass is 16.5. The maximum atomic E-state index is 5.29. The van der Waals surface area contributed by atoms with Crippen LogP contribution in [-0.4, -0.2) is 11.5 Å². The van der Waals surface area contributed by atoms with E-state index >= 15 is 0 Å². The molecular formula is C24H28N2O. The third kappa shape index (κ3) is 2.87. The van der Waals surface area contributed by atoms with Crippen LogP contribution in [0.2, 0.25) is 0 Å². The van der Waals surface area contributed by atoms with Gasteiger partial charge < -0.3 is 15.0 Å². The Morgan fingerprint density at radius 2 is 1.74 bits per heavy atom. The fourth-order valence-corrected chi connectivity index (χ4v) is 4.39. The summed E-state index contributed by atoms with van der Waals surface area (Å²) in [4.78, 5) is 3.79. The van der Waals surface area contributed by atoms with Crippen LogP contribution < -0.4 is 5.32 Å². The van der Waals surface area contributed by atoms with Crippen molar-refractivity contribution in [3.63, 3.8) is 0 Å². The Kier molecular flexibility index (Phi) is 4.56. The zero-order valence-corrected chi connectivity index (χ0v) is 16.7. The Hall–Kier alpha value is -2.52. The molecule has 2 heterocycles. The highest BCUT2D eigenvalue weighted by Crippen LogP contribution is 2.38. The fraction of sp³-hybridized carbons (Fsp3) is 0.333. The monoisotopic (exact) mass is 360 g/mol. The van der Waals surface area contributed by atoms with Crippen LogP contribution in [0.15, 0.2) is 37.1 Å². The van der Waals surface area contributed by atoms with Crippen LogP contribution in [-0.2, 0) is 17.8 Å². The first-order valence-electron chi connectivity index (χ1n) is 9.68. The smallest absolute Gasteiger partial charge is 0.112 e. The number of aromatic amines is 1. The second kappa shape index (κ2) is 6.90. The molecule has 0 saturated heterocycles. The Bertz CT molecular complexity index is 1010. The summed E-state index contributed by atoms with van der Waals surface area (Å²) in [6, 6.07) is 8.90. The van der Waals surface area contributed by atoms with Crippen molar-refractivity contribution in [1.29, 1.82) is 0 Å². The molecule has 0 bridgehead atoms. The van der Waals surface area contributed by atoms with Crippen molar-refractivity contribution in [2.75, 3.05) is 6.54 Å². The lowest BCUT2D eigenvalue weighted by Gasteiger charge is -2.25. The highest BCUT2D eigenvalue weighted by molar-refractivity contribution is 5.92. The van der Waals surface area contributed by atoms with Crippen LogP contribution in [0.4, 0.5) is 0 Å². The Labute approximate surface area is 161 Å². The molecule has 0 radical (unpaired) electrons. The number of hydrogen-bond donors (Lipinski definition) is 2. The highest BCUT2D eigenvalue weighted by Gasteiger charge is 2.27. The largest absolute Gasteiger partial charge is 0.497 e. The normalized spacial score (nSPS) is 16.4. The van der Waals surface area contributed by atoms with Crippen molar-refractivity contribution in [3.05, 3.63) is 81.7 Å². The molecule has 0 amide bonds. The van der Waals surface area contributed by atoms with Gasteiger partial charge in [-0.15, -0.1) is 0 Å². The molecule has 3 aromatic rings. The van der Waals surface area contributed by atoms with E-state index < -0.39 is 0 Å². The predicted molar refractivity (Wildman–Crippen MR) is 112 cm³/mol. The summed E-state index contributed by atoms with van der Waals surface area (Å²) >= 11 is 0. The van der Waals surface area contributed by atoms with Crippen molar-refractivity contribution in [2.24, 2.45) is 0 Å². The minimum atomic E-state index is 0.204. The summed E-state index contributed by atoms with van der Waals surface area (Å²) in [5.41, 5.74) is 12.2. The molecule has 140 valence electrons. The summed E-state index contributed by atoms with van der Waals surface area (Å²) < 4.78 is 5.29. The number of hydrogen-bond acceptors (Lipinski definition) is 2. The van der Waals surface area contributed by atoms with E-state index in [1.54, 1.807) is 0 Å². The lowest BCUT2D eigenvalue weighted by molar-refractivity contribution is 0.237. The van der Waals surface area contributed by atoms with E-state index in [-0.39, 0.29) is 6.04 Å². The number of ether oxygens (including phenoxy) is 1. The maximum Gasteiger partial charge on any atom is 0.112 e. The maximum absolute atomic E-state index is 5.29. The Balaban J connectivity index is 1.81. The molecule has 1 atom stereocenters. The average Bonchev–Trinajstić information content (AvgIpc) is 3.09. The van der Waals surface area contributed by atoms with Crippen molar-refractivity contribution in [1.82, 2.24) is 10.3 Å². The second-order valence-electron chi connectivity index (χ2n) is 7.62. The summed E-state index contributed by atoms with van der Waals surface area (Å²) in [5.74, 6) is 0. The molecule has 2 aromatic carbocycles. The number of aryl methyl sites for hydroxylation is 2. The van der Waals surface area contributed by atoms with E-state index in [0.717, 1.165) is 18.5 Å². The summed E-state index contributed by atoms with van der Waals surface area (Å²) in [7, 11) is 0. The van der Waals surface area contributed by atoms with E-state index in [1.165, 1.54) is 56.2 Å². The fourth-order valence-electron chi connectivity index (χ4n) is 4.39. The predicted octanol–water partition coefficient (Wildman–Crippen LogP) is 5.30. The number of nitrogens with one attached hydrogen (secondary N) is 2. The van der Waals surface area contributed by atoms with Gasteiger partial charge in [-0.05, 0) is 73.1 Å². The van der Waals surface area contributed by atoms with Crippen LogP contribution in [0.25, 0.3) is 10.9 Å². The van der Waals surface area contributed by atoms with Crippen LogP contribution in [0, 0.1) is 27.7 Å². The van der Waals surface area contributed by atoms with Gasteiger partial charge in [-0.3, -0.25) is 0 Å². The molecule has 0 unspecified atom stereocenters. The van der Waals surface area contributed by atoms with E-state index in [0.29, 0.717) is 6.61 Å². The van der Waals surface area contributed by atoms with Gasteiger partial charge in [0.1, 0.15) is 6.61 Å². The number of aromatic nitrogens is 1. The summed E-state index contributed by atoms with van der Waals surface area (Å²) in [6.45, 7) is 14.2. The molecule has 0 spiro atoms. The zero-order chi connectivity index (χ0) is 19.1. The van der Waals surface area contributed by atoms with Gasteiger partial charge in [0, 0.05) is 23.1 Å². The van der Waals surface area contributed by atoms with E-state index in [2.05, 4.69) is 68.8 Å². The molecule has 1 aromatic heterocycles. The molecular weight excluding hydrogens is 332 g/mol. The minimum Gasteiger partial charge on any atom is -0.497 e. The van der Waals surface area contributed by atoms with E-state index in [1.807, 2.05) is 0 Å². The topological polar surface area (TPSA) is 37.0 Å². The van der Waals surface area contributed by atoms with E-state index in [9.17, 15) is 0 Å². The summed E-state index contributed by atoms with van der Waals surface area (Å²) in [5, 5.41) is 5.14. The number of H-pyrrole nitrogens is 1. The standard InChI is InChI=1S/C24H28N2O/c1-6-27-13-18-7-9-19(10-8-18)23-24-20(11-12-25-23)21-16(4)14(2)15(3)17(5)22(21)26-24/h6-10,23,25-26H,1,11-13H2,2-5H3/t23-/m0/s1. The van der Waals surface area contributed by atoms with Gasteiger partial charge in [0.2, 0.25) is 0 Å². The van der Waals surface area contributed by atoms with Gasteiger partial charge in [-0.25, -0.2) is 0 Å². The molecule has 4 rings (SSSR count). The minimum absolute atomic E-state index is 0.204. The third-order valence-electron chi connectivity index (χ3n) is 6.27. The van der Waals surface area contributed by atoms with Crippen LogP contribution >= 0.6 is 0 Å².